The first kappa shape index (κ1) is 8.05. The highest BCUT2D eigenvalue weighted by atomic mass is 35.5. The molecule has 3 heteroatoms. The second kappa shape index (κ2) is 3.96. The van der Waals surface area contributed by atoms with Crippen molar-refractivity contribution in [3.05, 3.63) is 11.6 Å². The predicted octanol–water partition coefficient (Wildman–Crippen LogP) is 1.28. The predicted molar refractivity (Wildman–Crippen MR) is 40.0 cm³/mol. The van der Waals surface area contributed by atoms with Crippen LogP contribution in [0.25, 0.3) is 0 Å². The molecule has 0 radical (unpaired) electrons. The molecule has 0 saturated carbocycles. The zero-order valence-corrected chi connectivity index (χ0v) is 6.42. The number of aliphatic hydroxyl groups excluding tert-OH is 1. The van der Waals surface area contributed by atoms with Crippen LogP contribution in [0.5, 0.6) is 0 Å². The van der Waals surface area contributed by atoms with Crippen molar-refractivity contribution in [2.24, 2.45) is 0 Å². The summed E-state index contributed by atoms with van der Waals surface area (Å²) >= 11 is 5.35. The third-order valence-corrected chi connectivity index (χ3v) is 1.78. The van der Waals surface area contributed by atoms with E-state index >= 15 is 0 Å². The van der Waals surface area contributed by atoms with Gasteiger partial charge in [-0.2, -0.15) is 0 Å². The number of halogens is 1. The van der Waals surface area contributed by atoms with Gasteiger partial charge in [0.25, 0.3) is 0 Å². The minimum atomic E-state index is 0.0258. The van der Waals surface area contributed by atoms with E-state index in [2.05, 4.69) is 0 Å². The summed E-state index contributed by atoms with van der Waals surface area (Å²) in [7, 11) is 0. The maximum Gasteiger partial charge on any atom is 0.0814 e. The molecule has 0 aromatic heterocycles. The average molecular weight is 163 g/mol. The van der Waals surface area contributed by atoms with Crippen LogP contribution >= 0.6 is 11.6 Å². The second-order valence-corrected chi connectivity index (χ2v) is 2.63. The van der Waals surface area contributed by atoms with Gasteiger partial charge in [-0.3, -0.25) is 0 Å². The van der Waals surface area contributed by atoms with E-state index in [0.717, 1.165) is 12.8 Å². The Bertz CT molecular complexity index is 125. The lowest BCUT2D eigenvalue weighted by molar-refractivity contribution is 0.0311. The molecule has 1 rings (SSSR count). The molecule has 1 aliphatic heterocycles. The maximum absolute atomic E-state index is 8.67. The molecule has 0 amide bonds. The summed E-state index contributed by atoms with van der Waals surface area (Å²) in [5.41, 5.74) is 1.46. The first-order valence-corrected chi connectivity index (χ1v) is 3.83. The molecule has 1 fully saturated rings. The first-order chi connectivity index (χ1) is 4.86. The van der Waals surface area contributed by atoms with E-state index in [1.165, 1.54) is 5.54 Å². The van der Waals surface area contributed by atoms with Crippen molar-refractivity contribution in [3.8, 4) is 0 Å². The highest BCUT2D eigenvalue weighted by Gasteiger charge is 2.21. The summed E-state index contributed by atoms with van der Waals surface area (Å²) in [4.78, 5) is 0. The number of hydrogen-bond acceptors (Lipinski definition) is 2. The van der Waals surface area contributed by atoms with E-state index in [0.29, 0.717) is 0 Å². The first-order valence-electron chi connectivity index (χ1n) is 3.40. The summed E-state index contributed by atoms with van der Waals surface area (Å²) in [6, 6.07) is 0. The minimum Gasteiger partial charge on any atom is -0.394 e. The summed E-state index contributed by atoms with van der Waals surface area (Å²) in [5.74, 6) is 0. The quantitative estimate of drug-likeness (QED) is 0.663. The van der Waals surface area contributed by atoms with Gasteiger partial charge in [0.2, 0.25) is 0 Å². The number of aliphatic hydroxyl groups is 1. The van der Waals surface area contributed by atoms with Crippen LogP contribution in [0, 0.1) is 0 Å². The fraction of sp³-hybridized carbons (Fsp3) is 0.714. The van der Waals surface area contributed by atoms with Gasteiger partial charge >= 0.3 is 0 Å². The van der Waals surface area contributed by atoms with E-state index in [-0.39, 0.29) is 18.8 Å². The Kier molecular flexibility index (Phi) is 3.19. The number of rotatable bonds is 2. The van der Waals surface area contributed by atoms with Crippen LogP contribution in [0.4, 0.5) is 0 Å². The lowest BCUT2D eigenvalue weighted by Crippen LogP contribution is -2.12. The normalized spacial score (nSPS) is 33.8. The van der Waals surface area contributed by atoms with Crippen molar-refractivity contribution >= 4 is 11.6 Å². The maximum atomic E-state index is 8.67. The Morgan fingerprint density at radius 2 is 2.40 bits per heavy atom. The zero-order valence-electron chi connectivity index (χ0n) is 5.66. The summed E-state index contributed by atoms with van der Waals surface area (Å²) < 4.78 is 5.33. The molecular weight excluding hydrogens is 152 g/mol. The Hall–Kier alpha value is -0.0500. The van der Waals surface area contributed by atoms with Crippen LogP contribution < -0.4 is 0 Å². The standard InChI is InChI=1S/C7H11ClO2/c8-4-3-6-1-2-7(5-9)10-6/h3-4,6-7,9H,1-2,5H2/b4-3+. The van der Waals surface area contributed by atoms with Crippen LogP contribution in [0.1, 0.15) is 12.8 Å². The Morgan fingerprint density at radius 1 is 1.60 bits per heavy atom. The van der Waals surface area contributed by atoms with Crippen LogP contribution in [0.2, 0.25) is 0 Å². The molecule has 0 spiro atoms. The van der Waals surface area contributed by atoms with Crippen molar-refractivity contribution in [3.63, 3.8) is 0 Å². The fourth-order valence-corrected chi connectivity index (χ4v) is 1.25. The van der Waals surface area contributed by atoms with E-state index in [1.54, 1.807) is 6.08 Å². The van der Waals surface area contributed by atoms with Gasteiger partial charge in [0.15, 0.2) is 0 Å². The smallest absolute Gasteiger partial charge is 0.0814 e. The van der Waals surface area contributed by atoms with E-state index in [1.807, 2.05) is 0 Å². The molecule has 0 bridgehead atoms. The SMILES string of the molecule is OCC1CCC(/C=C/Cl)O1. The lowest BCUT2D eigenvalue weighted by Gasteiger charge is -2.06. The van der Waals surface area contributed by atoms with Crippen LogP contribution in [0.15, 0.2) is 11.6 Å². The van der Waals surface area contributed by atoms with Crippen molar-refractivity contribution in [1.29, 1.82) is 0 Å². The average Bonchev–Trinajstić information content (AvgIpc) is 2.37. The molecule has 2 atom stereocenters. The van der Waals surface area contributed by atoms with E-state index in [4.69, 9.17) is 21.4 Å². The number of ether oxygens (including phenoxy) is 1. The van der Waals surface area contributed by atoms with Gasteiger partial charge in [0.05, 0.1) is 18.8 Å². The van der Waals surface area contributed by atoms with Crippen LogP contribution in [0.3, 0.4) is 0 Å². The van der Waals surface area contributed by atoms with Crippen molar-refractivity contribution in [2.45, 2.75) is 25.0 Å². The highest BCUT2D eigenvalue weighted by molar-refractivity contribution is 6.25. The molecule has 0 aliphatic carbocycles. The van der Waals surface area contributed by atoms with Crippen LogP contribution in [-0.2, 0) is 4.74 Å². The molecule has 1 saturated heterocycles. The fourth-order valence-electron chi connectivity index (χ4n) is 1.09. The van der Waals surface area contributed by atoms with Gasteiger partial charge in [-0.1, -0.05) is 11.6 Å². The highest BCUT2D eigenvalue weighted by Crippen LogP contribution is 2.19. The van der Waals surface area contributed by atoms with Crippen molar-refractivity contribution in [2.75, 3.05) is 6.61 Å². The van der Waals surface area contributed by atoms with Gasteiger partial charge in [0, 0.05) is 5.54 Å². The Morgan fingerprint density at radius 3 is 2.90 bits per heavy atom. The Labute approximate surface area is 65.4 Å². The third kappa shape index (κ3) is 1.97. The van der Waals surface area contributed by atoms with E-state index in [9.17, 15) is 0 Å². The molecule has 2 nitrogen and oxygen atoms in total. The molecule has 10 heavy (non-hydrogen) atoms. The molecule has 58 valence electrons. The number of hydrogen-bond donors (Lipinski definition) is 1. The van der Waals surface area contributed by atoms with E-state index < -0.39 is 0 Å². The lowest BCUT2D eigenvalue weighted by atomic mass is 10.2. The molecule has 2 unspecified atom stereocenters. The second-order valence-electron chi connectivity index (χ2n) is 2.37. The molecule has 1 heterocycles. The Balaban J connectivity index is 2.28. The monoisotopic (exact) mass is 162 g/mol. The molecule has 0 aromatic carbocycles. The van der Waals surface area contributed by atoms with Gasteiger partial charge in [-0.25, -0.2) is 0 Å². The molecule has 1 N–H and O–H groups in total. The third-order valence-electron chi connectivity index (χ3n) is 1.63. The van der Waals surface area contributed by atoms with Gasteiger partial charge < -0.3 is 9.84 Å². The van der Waals surface area contributed by atoms with Gasteiger partial charge in [0.1, 0.15) is 0 Å². The van der Waals surface area contributed by atoms with Crippen molar-refractivity contribution < 1.29 is 9.84 Å². The molecule has 0 aromatic rings. The molecule has 1 aliphatic rings. The zero-order chi connectivity index (χ0) is 7.40. The van der Waals surface area contributed by atoms with Gasteiger partial charge in [-0.05, 0) is 18.9 Å². The summed E-state index contributed by atoms with van der Waals surface area (Å²) in [6.07, 6.45) is 3.85. The molecular formula is C7H11ClO2. The van der Waals surface area contributed by atoms with Crippen molar-refractivity contribution in [1.82, 2.24) is 0 Å². The summed E-state index contributed by atoms with van der Waals surface area (Å²) in [6.45, 7) is 0.118. The largest absolute Gasteiger partial charge is 0.394 e. The van der Waals surface area contributed by atoms with Gasteiger partial charge in [-0.15, -0.1) is 0 Å². The summed E-state index contributed by atoms with van der Waals surface area (Å²) in [5, 5.41) is 8.67. The van der Waals surface area contributed by atoms with Crippen LogP contribution in [-0.4, -0.2) is 23.9 Å². The minimum absolute atomic E-state index is 0.0258. The topological polar surface area (TPSA) is 29.5 Å².